The van der Waals surface area contributed by atoms with Gasteiger partial charge in [0.25, 0.3) is 0 Å². The standard InChI is InChI=1S/C11H13Cl2NO3/c1-2-6(11(16)17)9(14)5-3-7(12)10(15)8(13)4-5/h3-4,6,9,15H,2,14H2,1H3,(H,16,17). The molecule has 6 heteroatoms. The van der Waals surface area contributed by atoms with Crippen molar-refractivity contribution < 1.29 is 15.0 Å². The zero-order valence-corrected chi connectivity index (χ0v) is 10.7. The summed E-state index contributed by atoms with van der Waals surface area (Å²) in [4.78, 5) is 11.0. The van der Waals surface area contributed by atoms with Gasteiger partial charge in [-0.25, -0.2) is 0 Å². The molecule has 0 fully saturated rings. The third kappa shape index (κ3) is 3.03. The normalized spacial score (nSPS) is 14.4. The molecule has 0 heterocycles. The van der Waals surface area contributed by atoms with E-state index in [-0.39, 0.29) is 15.8 Å². The van der Waals surface area contributed by atoms with Crippen LogP contribution in [0.25, 0.3) is 0 Å². The second kappa shape index (κ2) is 5.58. The SMILES string of the molecule is CCC(C(=O)O)C(N)c1cc(Cl)c(O)c(Cl)c1. The predicted molar refractivity (Wildman–Crippen MR) is 66.5 cm³/mol. The molecular formula is C11H13Cl2NO3. The Bertz CT molecular complexity index is 414. The van der Waals surface area contributed by atoms with Gasteiger partial charge in [0.2, 0.25) is 0 Å². The Hall–Kier alpha value is -0.970. The van der Waals surface area contributed by atoms with Crippen molar-refractivity contribution in [2.75, 3.05) is 0 Å². The average Bonchev–Trinajstić information content (AvgIpc) is 2.25. The van der Waals surface area contributed by atoms with Crippen molar-refractivity contribution in [3.8, 4) is 5.75 Å². The minimum Gasteiger partial charge on any atom is -0.505 e. The van der Waals surface area contributed by atoms with Crippen LogP contribution in [0.1, 0.15) is 24.9 Å². The number of hydrogen-bond donors (Lipinski definition) is 3. The molecule has 0 amide bonds. The maximum atomic E-state index is 11.0. The number of nitrogens with two attached hydrogens (primary N) is 1. The number of phenolic OH excluding ortho intramolecular Hbond substituents is 1. The van der Waals surface area contributed by atoms with Gasteiger partial charge < -0.3 is 15.9 Å². The Morgan fingerprint density at radius 2 is 1.88 bits per heavy atom. The monoisotopic (exact) mass is 277 g/mol. The van der Waals surface area contributed by atoms with Crippen LogP contribution in [-0.4, -0.2) is 16.2 Å². The van der Waals surface area contributed by atoms with Crippen molar-refractivity contribution >= 4 is 29.2 Å². The number of carboxylic acid groups (broad SMARTS) is 1. The molecule has 4 nitrogen and oxygen atoms in total. The molecule has 94 valence electrons. The van der Waals surface area contributed by atoms with E-state index in [1.54, 1.807) is 6.92 Å². The molecule has 1 aromatic carbocycles. The van der Waals surface area contributed by atoms with Crippen molar-refractivity contribution in [3.05, 3.63) is 27.7 Å². The van der Waals surface area contributed by atoms with Crippen molar-refractivity contribution in [2.45, 2.75) is 19.4 Å². The zero-order valence-electron chi connectivity index (χ0n) is 9.15. The molecule has 0 bridgehead atoms. The van der Waals surface area contributed by atoms with Crippen molar-refractivity contribution in [1.29, 1.82) is 0 Å². The topological polar surface area (TPSA) is 83.5 Å². The Morgan fingerprint density at radius 1 is 1.41 bits per heavy atom. The van der Waals surface area contributed by atoms with E-state index in [2.05, 4.69) is 0 Å². The number of benzene rings is 1. The highest BCUT2D eigenvalue weighted by atomic mass is 35.5. The third-order valence-corrected chi connectivity index (χ3v) is 3.19. The lowest BCUT2D eigenvalue weighted by Gasteiger charge is -2.19. The van der Waals surface area contributed by atoms with Gasteiger partial charge in [-0.2, -0.15) is 0 Å². The molecule has 17 heavy (non-hydrogen) atoms. The second-order valence-corrected chi connectivity index (χ2v) is 4.53. The molecule has 0 radical (unpaired) electrons. The summed E-state index contributed by atoms with van der Waals surface area (Å²) in [7, 11) is 0. The van der Waals surface area contributed by atoms with Gasteiger partial charge in [0, 0.05) is 6.04 Å². The number of aliphatic carboxylic acids is 1. The lowest BCUT2D eigenvalue weighted by Crippen LogP contribution is -2.27. The molecule has 2 atom stereocenters. The van der Waals surface area contributed by atoms with Crippen LogP contribution in [-0.2, 0) is 4.79 Å². The maximum absolute atomic E-state index is 11.0. The molecule has 0 aliphatic rings. The number of halogens is 2. The Labute approximate surface area is 109 Å². The molecule has 0 saturated carbocycles. The van der Waals surface area contributed by atoms with Gasteiger partial charge >= 0.3 is 5.97 Å². The molecule has 4 N–H and O–H groups in total. The molecule has 1 rings (SSSR count). The quantitative estimate of drug-likeness (QED) is 0.790. The summed E-state index contributed by atoms with van der Waals surface area (Å²) >= 11 is 11.5. The van der Waals surface area contributed by atoms with Crippen molar-refractivity contribution in [3.63, 3.8) is 0 Å². The summed E-state index contributed by atoms with van der Waals surface area (Å²) in [5.41, 5.74) is 6.35. The van der Waals surface area contributed by atoms with Gasteiger partial charge in [0.1, 0.15) is 0 Å². The van der Waals surface area contributed by atoms with Crippen LogP contribution < -0.4 is 5.73 Å². The van der Waals surface area contributed by atoms with Gasteiger partial charge in [-0.15, -0.1) is 0 Å². The fourth-order valence-corrected chi connectivity index (χ4v) is 2.10. The van der Waals surface area contributed by atoms with Crippen LogP contribution in [0.3, 0.4) is 0 Å². The summed E-state index contributed by atoms with van der Waals surface area (Å²) < 4.78 is 0. The van der Waals surface area contributed by atoms with Crippen LogP contribution in [0.4, 0.5) is 0 Å². The first kappa shape index (κ1) is 14.1. The van der Waals surface area contributed by atoms with Gasteiger partial charge in [-0.3, -0.25) is 4.79 Å². The lowest BCUT2D eigenvalue weighted by molar-refractivity contribution is -0.142. The van der Waals surface area contributed by atoms with Crippen LogP contribution >= 0.6 is 23.2 Å². The molecule has 2 unspecified atom stereocenters. The molecule has 0 aliphatic heterocycles. The summed E-state index contributed by atoms with van der Waals surface area (Å²) in [6.45, 7) is 1.74. The predicted octanol–water partition coefficient (Wildman–Crippen LogP) is 2.81. The molecule has 0 aliphatic carbocycles. The van der Waals surface area contributed by atoms with Gasteiger partial charge in [0.05, 0.1) is 16.0 Å². The van der Waals surface area contributed by atoms with Crippen molar-refractivity contribution in [2.24, 2.45) is 11.7 Å². The number of carboxylic acids is 1. The highest BCUT2D eigenvalue weighted by molar-refractivity contribution is 6.37. The fraction of sp³-hybridized carbons (Fsp3) is 0.364. The summed E-state index contributed by atoms with van der Waals surface area (Å²) in [6.07, 6.45) is 0.395. The second-order valence-electron chi connectivity index (χ2n) is 3.71. The molecular weight excluding hydrogens is 265 g/mol. The Balaban J connectivity index is 3.12. The number of carbonyl (C=O) groups is 1. The van der Waals surface area contributed by atoms with E-state index >= 15 is 0 Å². The first-order valence-corrected chi connectivity index (χ1v) is 5.80. The van der Waals surface area contributed by atoms with Gasteiger partial charge in [-0.1, -0.05) is 30.1 Å². The van der Waals surface area contributed by atoms with Crippen LogP contribution in [0.5, 0.6) is 5.75 Å². The Morgan fingerprint density at radius 3 is 2.24 bits per heavy atom. The Kier molecular flexibility index (Phi) is 4.62. The van der Waals surface area contributed by atoms with Gasteiger partial charge in [0.15, 0.2) is 5.75 Å². The fourth-order valence-electron chi connectivity index (χ4n) is 1.59. The third-order valence-electron chi connectivity index (χ3n) is 2.61. The van der Waals surface area contributed by atoms with Crippen LogP contribution in [0, 0.1) is 5.92 Å². The highest BCUT2D eigenvalue weighted by Gasteiger charge is 2.25. The van der Waals surface area contributed by atoms with Crippen LogP contribution in [0.15, 0.2) is 12.1 Å². The first-order valence-electron chi connectivity index (χ1n) is 5.04. The van der Waals surface area contributed by atoms with Crippen LogP contribution in [0.2, 0.25) is 10.0 Å². The highest BCUT2D eigenvalue weighted by Crippen LogP contribution is 2.35. The minimum atomic E-state index is -0.972. The molecule has 1 aromatic rings. The van der Waals surface area contributed by atoms with E-state index in [1.165, 1.54) is 12.1 Å². The van der Waals surface area contributed by atoms with E-state index in [9.17, 15) is 9.90 Å². The van der Waals surface area contributed by atoms with Gasteiger partial charge in [-0.05, 0) is 24.1 Å². The maximum Gasteiger partial charge on any atom is 0.308 e. The van der Waals surface area contributed by atoms with E-state index in [0.717, 1.165) is 0 Å². The number of aromatic hydroxyl groups is 1. The largest absolute Gasteiger partial charge is 0.505 e. The smallest absolute Gasteiger partial charge is 0.308 e. The minimum absolute atomic E-state index is 0.0585. The van der Waals surface area contributed by atoms with E-state index in [4.69, 9.17) is 34.0 Å². The average molecular weight is 278 g/mol. The van der Waals surface area contributed by atoms with E-state index < -0.39 is 17.9 Å². The number of hydrogen-bond acceptors (Lipinski definition) is 3. The number of phenols is 1. The summed E-state index contributed by atoms with van der Waals surface area (Å²) in [6, 6.07) is 2.14. The number of rotatable bonds is 4. The van der Waals surface area contributed by atoms with E-state index in [0.29, 0.717) is 12.0 Å². The lowest BCUT2D eigenvalue weighted by atomic mass is 9.92. The molecule has 0 saturated heterocycles. The molecule has 0 aromatic heterocycles. The molecule has 0 spiro atoms. The zero-order chi connectivity index (χ0) is 13.2. The van der Waals surface area contributed by atoms with E-state index in [1.807, 2.05) is 0 Å². The first-order chi connectivity index (χ1) is 7.88. The van der Waals surface area contributed by atoms with Crippen molar-refractivity contribution in [1.82, 2.24) is 0 Å². The summed E-state index contributed by atoms with van der Waals surface area (Å²) in [5.74, 6) is -1.92. The summed E-state index contributed by atoms with van der Waals surface area (Å²) in [5, 5.41) is 18.5.